The summed E-state index contributed by atoms with van der Waals surface area (Å²) in [5.41, 5.74) is 5.16. The van der Waals surface area contributed by atoms with Crippen LogP contribution < -0.4 is 5.43 Å². The molecule has 0 aromatic heterocycles. The van der Waals surface area contributed by atoms with Crippen LogP contribution in [0.15, 0.2) is 34.6 Å². The van der Waals surface area contributed by atoms with E-state index in [4.69, 9.17) is 0 Å². The maximum absolute atomic E-state index is 11.1. The number of hydrogen-bond acceptors (Lipinski definition) is 6. The largest absolute Gasteiger partial charge is 0.301 e. The minimum Gasteiger partial charge on any atom is -0.272 e. The first-order valence-electron chi connectivity index (χ1n) is 7.76. The van der Waals surface area contributed by atoms with Crippen LogP contribution in [0.25, 0.3) is 0 Å². The molecule has 0 aliphatic rings. The lowest BCUT2D eigenvalue weighted by Gasteiger charge is -2.34. The number of allylic oxidation sites excluding steroid dienone is 1. The molecule has 1 rings (SSSR count). The molecule has 8 nitrogen and oxygen atoms in total. The summed E-state index contributed by atoms with van der Waals surface area (Å²) in [4.78, 5) is 20.5. The summed E-state index contributed by atoms with van der Waals surface area (Å²) in [6, 6.07) is 3.39. The number of anilines is 1. The van der Waals surface area contributed by atoms with Crippen LogP contribution in [0.4, 0.5) is 17.1 Å². The first-order valence-corrected chi connectivity index (χ1v) is 10.8. The van der Waals surface area contributed by atoms with E-state index in [-0.39, 0.29) is 16.4 Å². The molecular weight excluding hydrogens is 340 g/mol. The third-order valence-electron chi connectivity index (χ3n) is 4.36. The normalized spacial score (nSPS) is 13.1. The second-order valence-electron chi connectivity index (χ2n) is 7.45. The van der Waals surface area contributed by atoms with Gasteiger partial charge in [-0.05, 0) is 23.6 Å². The predicted molar refractivity (Wildman–Crippen MR) is 103 cm³/mol. The van der Waals surface area contributed by atoms with Crippen molar-refractivity contribution in [2.24, 2.45) is 5.10 Å². The van der Waals surface area contributed by atoms with Gasteiger partial charge in [-0.1, -0.05) is 39.6 Å². The van der Waals surface area contributed by atoms with Crippen LogP contribution in [-0.4, -0.2) is 24.1 Å². The van der Waals surface area contributed by atoms with E-state index in [1.54, 1.807) is 6.21 Å². The number of nitro benzene ring substituents is 2. The SMILES string of the molecule is CC(/C=N\Nc1ccc([N+](=O)[O-])cc1[N+](=O)[O-])=C\[Si](C)(C)C(C)(C)C. The van der Waals surface area contributed by atoms with Gasteiger partial charge in [-0.3, -0.25) is 25.7 Å². The third-order valence-corrected chi connectivity index (χ3v) is 9.41. The summed E-state index contributed by atoms with van der Waals surface area (Å²) in [5, 5.41) is 26.0. The van der Waals surface area contributed by atoms with Gasteiger partial charge in [-0.25, -0.2) is 0 Å². The second-order valence-corrected chi connectivity index (χ2v) is 12.7. The van der Waals surface area contributed by atoms with Gasteiger partial charge in [0.05, 0.1) is 24.0 Å². The van der Waals surface area contributed by atoms with Crippen molar-refractivity contribution in [1.82, 2.24) is 0 Å². The van der Waals surface area contributed by atoms with Crippen molar-refractivity contribution in [2.75, 3.05) is 5.43 Å². The van der Waals surface area contributed by atoms with Crippen molar-refractivity contribution in [3.8, 4) is 0 Å². The highest BCUT2D eigenvalue weighted by atomic mass is 28.3. The molecule has 0 aliphatic carbocycles. The minimum absolute atomic E-state index is 0.104. The maximum Gasteiger partial charge on any atom is 0.301 e. The molecule has 0 atom stereocenters. The standard InChI is InChI=1S/C16H24N4O4Si/c1-12(11-25(5,6)16(2,3)4)10-17-18-14-8-7-13(19(21)22)9-15(14)20(23)24/h7-11,18H,1-6H3/b12-11+,17-10-. The van der Waals surface area contributed by atoms with Crippen LogP contribution in [0.1, 0.15) is 27.7 Å². The molecular formula is C16H24N4O4Si. The average molecular weight is 364 g/mol. The Hall–Kier alpha value is -2.55. The van der Waals surface area contributed by atoms with E-state index in [0.29, 0.717) is 0 Å². The summed E-state index contributed by atoms with van der Waals surface area (Å²) in [6.45, 7) is 13.1. The van der Waals surface area contributed by atoms with Crippen LogP contribution in [0.3, 0.4) is 0 Å². The van der Waals surface area contributed by atoms with E-state index in [1.165, 1.54) is 12.1 Å². The lowest BCUT2D eigenvalue weighted by molar-refractivity contribution is -0.393. The molecule has 0 fully saturated rings. The molecule has 0 unspecified atom stereocenters. The predicted octanol–water partition coefficient (Wildman–Crippen LogP) is 4.89. The molecule has 136 valence electrons. The van der Waals surface area contributed by atoms with Crippen molar-refractivity contribution in [2.45, 2.75) is 45.8 Å². The highest BCUT2D eigenvalue weighted by molar-refractivity contribution is 6.85. The zero-order chi connectivity index (χ0) is 19.4. The highest BCUT2D eigenvalue weighted by Gasteiger charge is 2.32. The Morgan fingerprint density at radius 3 is 2.28 bits per heavy atom. The van der Waals surface area contributed by atoms with Gasteiger partial charge in [-0.2, -0.15) is 5.10 Å². The van der Waals surface area contributed by atoms with E-state index in [0.717, 1.165) is 11.6 Å². The number of rotatable bonds is 6. The van der Waals surface area contributed by atoms with Crippen LogP contribution >= 0.6 is 0 Å². The molecule has 9 heteroatoms. The Balaban J connectivity index is 2.99. The van der Waals surface area contributed by atoms with Gasteiger partial charge in [0.25, 0.3) is 5.69 Å². The molecule has 25 heavy (non-hydrogen) atoms. The summed E-state index contributed by atoms with van der Waals surface area (Å²) < 4.78 is 0. The Kier molecular flexibility index (Phi) is 6.19. The minimum atomic E-state index is -1.61. The van der Waals surface area contributed by atoms with Crippen molar-refractivity contribution in [3.63, 3.8) is 0 Å². The summed E-state index contributed by atoms with van der Waals surface area (Å²) in [6.07, 6.45) is 1.60. The zero-order valence-electron chi connectivity index (χ0n) is 15.4. The van der Waals surface area contributed by atoms with E-state index >= 15 is 0 Å². The number of nitrogens with zero attached hydrogens (tertiary/aromatic N) is 3. The Labute approximate surface area is 147 Å². The lowest BCUT2D eigenvalue weighted by atomic mass is 10.2. The van der Waals surface area contributed by atoms with Crippen molar-refractivity contribution < 1.29 is 9.85 Å². The number of nitro groups is 2. The maximum atomic E-state index is 11.1. The van der Waals surface area contributed by atoms with Gasteiger partial charge in [0.1, 0.15) is 5.69 Å². The van der Waals surface area contributed by atoms with E-state index < -0.39 is 23.6 Å². The van der Waals surface area contributed by atoms with Gasteiger partial charge in [0, 0.05) is 12.3 Å². The Morgan fingerprint density at radius 2 is 1.80 bits per heavy atom. The van der Waals surface area contributed by atoms with E-state index in [1.807, 2.05) is 6.92 Å². The van der Waals surface area contributed by atoms with Gasteiger partial charge >= 0.3 is 5.69 Å². The number of benzene rings is 1. The van der Waals surface area contributed by atoms with Gasteiger partial charge in [0.15, 0.2) is 0 Å². The van der Waals surface area contributed by atoms with E-state index in [2.05, 4.69) is 50.1 Å². The molecule has 0 spiro atoms. The quantitative estimate of drug-likeness (QED) is 0.334. The molecule has 0 saturated heterocycles. The molecule has 1 N–H and O–H groups in total. The van der Waals surface area contributed by atoms with Gasteiger partial charge in [0.2, 0.25) is 0 Å². The highest BCUT2D eigenvalue weighted by Crippen LogP contribution is 2.37. The summed E-state index contributed by atoms with van der Waals surface area (Å²) in [5.74, 6) is 0. The van der Waals surface area contributed by atoms with Crippen LogP contribution in [0, 0.1) is 20.2 Å². The molecule has 0 amide bonds. The Bertz CT molecular complexity index is 736. The van der Waals surface area contributed by atoms with Crippen LogP contribution in [0.5, 0.6) is 0 Å². The molecule has 1 aromatic carbocycles. The first-order chi connectivity index (χ1) is 11.3. The van der Waals surface area contributed by atoms with E-state index in [9.17, 15) is 20.2 Å². The van der Waals surface area contributed by atoms with Crippen molar-refractivity contribution in [3.05, 3.63) is 49.7 Å². The Morgan fingerprint density at radius 1 is 1.20 bits per heavy atom. The third kappa shape index (κ3) is 5.49. The van der Waals surface area contributed by atoms with Gasteiger partial charge in [-0.15, -0.1) is 0 Å². The molecule has 1 aromatic rings. The molecule has 0 aliphatic heterocycles. The average Bonchev–Trinajstić information content (AvgIpc) is 2.45. The monoisotopic (exact) mass is 364 g/mol. The fourth-order valence-electron chi connectivity index (χ4n) is 1.91. The topological polar surface area (TPSA) is 111 Å². The van der Waals surface area contributed by atoms with Crippen molar-refractivity contribution >= 4 is 31.4 Å². The first kappa shape index (κ1) is 20.5. The molecule has 0 saturated carbocycles. The number of nitrogens with one attached hydrogen (secondary N) is 1. The molecule has 0 heterocycles. The number of hydrazone groups is 1. The smallest absolute Gasteiger partial charge is 0.272 e. The van der Waals surface area contributed by atoms with Crippen molar-refractivity contribution in [1.29, 1.82) is 0 Å². The summed E-state index contributed by atoms with van der Waals surface area (Å²) >= 11 is 0. The molecule has 0 radical (unpaired) electrons. The van der Waals surface area contributed by atoms with Crippen LogP contribution in [0.2, 0.25) is 18.1 Å². The zero-order valence-corrected chi connectivity index (χ0v) is 16.4. The number of non-ortho nitro benzene ring substituents is 1. The number of hydrogen-bond donors (Lipinski definition) is 1. The van der Waals surface area contributed by atoms with Gasteiger partial charge < -0.3 is 0 Å². The fraction of sp³-hybridized carbons (Fsp3) is 0.438. The lowest BCUT2D eigenvalue weighted by Crippen LogP contribution is -2.35. The fourth-order valence-corrected chi connectivity index (χ4v) is 3.55. The van der Waals surface area contributed by atoms with Crippen LogP contribution in [-0.2, 0) is 0 Å². The second kappa shape index (κ2) is 7.56. The molecule has 0 bridgehead atoms. The summed E-state index contributed by atoms with van der Waals surface area (Å²) in [7, 11) is -1.61.